The summed E-state index contributed by atoms with van der Waals surface area (Å²) >= 11 is 0. The van der Waals surface area contributed by atoms with Gasteiger partial charge in [-0.15, -0.1) is 0 Å². The second-order valence-corrected chi connectivity index (χ2v) is 1.28. The first-order valence-electron chi connectivity index (χ1n) is 2.18. The minimum absolute atomic E-state index is 0.542. The van der Waals surface area contributed by atoms with E-state index in [2.05, 4.69) is 0 Å². The first-order chi connectivity index (χ1) is 3.93. The van der Waals surface area contributed by atoms with Crippen LogP contribution in [0.3, 0.4) is 0 Å². The van der Waals surface area contributed by atoms with Crippen LogP contribution in [-0.2, 0) is 0 Å². The van der Waals surface area contributed by atoms with Crippen LogP contribution in [0.5, 0.6) is 0 Å². The van der Waals surface area contributed by atoms with E-state index in [0.29, 0.717) is 5.76 Å². The summed E-state index contributed by atoms with van der Waals surface area (Å²) in [5.74, 6) is 0.542. The second-order valence-electron chi connectivity index (χ2n) is 1.28. The van der Waals surface area contributed by atoms with Gasteiger partial charge in [-0.3, -0.25) is 0 Å². The molecule has 0 spiro atoms. The molecule has 0 bridgehead atoms. The van der Waals surface area contributed by atoms with Gasteiger partial charge < -0.3 is 9.62 Å². The topological polar surface area (TPSA) is 50.2 Å². The summed E-state index contributed by atoms with van der Waals surface area (Å²) in [6.07, 6.45) is 2.74. The number of hydrogen-bond acceptors (Lipinski definition) is 2. The molecule has 0 unspecified atom stereocenters. The SMILES string of the molecule is [O-][NH+]=Cc1ccco1. The van der Waals surface area contributed by atoms with E-state index in [0.717, 1.165) is 0 Å². The molecule has 0 aliphatic carbocycles. The molecule has 0 amide bonds. The average molecular weight is 111 g/mol. The molecule has 0 radical (unpaired) electrons. The van der Waals surface area contributed by atoms with Gasteiger partial charge in [0.15, 0.2) is 5.76 Å². The predicted molar refractivity (Wildman–Crippen MR) is 28.2 cm³/mol. The van der Waals surface area contributed by atoms with Gasteiger partial charge >= 0.3 is 0 Å². The summed E-state index contributed by atoms with van der Waals surface area (Å²) in [5.41, 5.74) is 0. The normalized spacial score (nSPS) is 10.5. The average Bonchev–Trinajstić information content (AvgIpc) is 2.19. The van der Waals surface area contributed by atoms with Gasteiger partial charge in [-0.05, 0) is 12.1 Å². The van der Waals surface area contributed by atoms with E-state index in [9.17, 15) is 5.21 Å². The van der Waals surface area contributed by atoms with Crippen molar-refractivity contribution in [2.75, 3.05) is 0 Å². The molecule has 8 heavy (non-hydrogen) atoms. The first-order valence-corrected chi connectivity index (χ1v) is 2.18. The van der Waals surface area contributed by atoms with Crippen LogP contribution in [0.4, 0.5) is 0 Å². The van der Waals surface area contributed by atoms with Crippen LogP contribution in [0.2, 0.25) is 0 Å². The Balaban J connectivity index is 2.77. The zero-order valence-electron chi connectivity index (χ0n) is 4.13. The standard InChI is InChI=1S/C5H5NO2/c7-6-4-5-2-1-3-8-5/h1-4,6H. The van der Waals surface area contributed by atoms with Crippen LogP contribution in [0.15, 0.2) is 22.8 Å². The molecule has 0 aliphatic heterocycles. The molecule has 1 aromatic heterocycles. The molecule has 0 saturated heterocycles. The van der Waals surface area contributed by atoms with E-state index in [-0.39, 0.29) is 0 Å². The van der Waals surface area contributed by atoms with Crippen molar-refractivity contribution >= 4 is 6.21 Å². The Kier molecular flexibility index (Phi) is 1.32. The molecule has 42 valence electrons. The zero-order valence-corrected chi connectivity index (χ0v) is 4.13. The summed E-state index contributed by atoms with van der Waals surface area (Å²) < 4.78 is 4.76. The number of furan rings is 1. The van der Waals surface area contributed by atoms with Gasteiger partial charge in [-0.25, -0.2) is 5.16 Å². The molecular formula is C5H5NO2. The molecule has 1 aromatic rings. The molecule has 1 N–H and O–H groups in total. The minimum atomic E-state index is 0.542. The van der Waals surface area contributed by atoms with Crippen LogP contribution < -0.4 is 5.16 Å². The molecule has 1 heterocycles. The van der Waals surface area contributed by atoms with Crippen molar-refractivity contribution in [3.63, 3.8) is 0 Å². The molecule has 0 aromatic carbocycles. The van der Waals surface area contributed by atoms with Crippen molar-refractivity contribution in [2.24, 2.45) is 0 Å². The lowest BCUT2D eigenvalue weighted by Crippen LogP contribution is -2.60. The summed E-state index contributed by atoms with van der Waals surface area (Å²) in [6.45, 7) is 0. The van der Waals surface area contributed by atoms with Crippen molar-refractivity contribution in [1.82, 2.24) is 0 Å². The highest BCUT2D eigenvalue weighted by Gasteiger charge is 1.87. The molecular weight excluding hydrogens is 106 g/mol. The highest BCUT2D eigenvalue weighted by Crippen LogP contribution is 1.91. The molecule has 3 heteroatoms. The minimum Gasteiger partial charge on any atom is -0.625 e. The van der Waals surface area contributed by atoms with Crippen LogP contribution in [-0.4, -0.2) is 6.21 Å². The molecule has 0 fully saturated rings. The largest absolute Gasteiger partial charge is 0.625 e. The molecule has 1 rings (SSSR count). The Hall–Kier alpha value is -1.25. The fraction of sp³-hybridized carbons (Fsp3) is 0. The van der Waals surface area contributed by atoms with Gasteiger partial charge in [0.05, 0.1) is 6.26 Å². The van der Waals surface area contributed by atoms with Gasteiger partial charge in [0, 0.05) is 0 Å². The molecule has 0 saturated carbocycles. The van der Waals surface area contributed by atoms with Gasteiger partial charge in [-0.1, -0.05) is 0 Å². The third kappa shape index (κ3) is 0.872. The Labute approximate surface area is 46.2 Å². The Bertz CT molecular complexity index is 167. The quantitative estimate of drug-likeness (QED) is 0.295. The fourth-order valence-corrected chi connectivity index (χ4v) is 0.431. The molecule has 0 aliphatic rings. The maximum Gasteiger partial charge on any atom is 0.215 e. The van der Waals surface area contributed by atoms with E-state index in [1.807, 2.05) is 0 Å². The van der Waals surface area contributed by atoms with E-state index >= 15 is 0 Å². The molecule has 0 atom stereocenters. The zero-order chi connectivity index (χ0) is 5.82. The van der Waals surface area contributed by atoms with Crippen molar-refractivity contribution in [1.29, 1.82) is 0 Å². The summed E-state index contributed by atoms with van der Waals surface area (Å²) in [5, 5.41) is 11.2. The van der Waals surface area contributed by atoms with Crippen molar-refractivity contribution in [3.8, 4) is 0 Å². The Morgan fingerprint density at radius 1 is 1.75 bits per heavy atom. The van der Waals surface area contributed by atoms with Crippen LogP contribution >= 0.6 is 0 Å². The third-order valence-corrected chi connectivity index (χ3v) is 0.744. The predicted octanol–water partition coefficient (Wildman–Crippen LogP) is -0.723. The van der Waals surface area contributed by atoms with Gasteiger partial charge in [0.25, 0.3) is 0 Å². The Morgan fingerprint density at radius 3 is 3.12 bits per heavy atom. The smallest absolute Gasteiger partial charge is 0.215 e. The van der Waals surface area contributed by atoms with Gasteiger partial charge in [0.2, 0.25) is 6.21 Å². The van der Waals surface area contributed by atoms with Crippen LogP contribution in [0.1, 0.15) is 5.76 Å². The van der Waals surface area contributed by atoms with Crippen molar-refractivity contribution in [2.45, 2.75) is 0 Å². The van der Waals surface area contributed by atoms with Gasteiger partial charge in [-0.2, -0.15) is 0 Å². The highest BCUT2D eigenvalue weighted by molar-refractivity contribution is 5.70. The van der Waals surface area contributed by atoms with E-state index in [1.165, 1.54) is 12.5 Å². The van der Waals surface area contributed by atoms with Crippen molar-refractivity contribution < 1.29 is 9.57 Å². The van der Waals surface area contributed by atoms with E-state index in [4.69, 9.17) is 4.42 Å². The number of rotatable bonds is 1. The second kappa shape index (κ2) is 2.16. The number of nitrogens with one attached hydrogen (secondary N) is 1. The first kappa shape index (κ1) is 4.90. The van der Waals surface area contributed by atoms with Crippen LogP contribution in [0, 0.1) is 5.21 Å². The fourth-order valence-electron chi connectivity index (χ4n) is 0.431. The van der Waals surface area contributed by atoms with Crippen molar-refractivity contribution in [3.05, 3.63) is 29.4 Å². The lowest BCUT2D eigenvalue weighted by Gasteiger charge is -1.75. The van der Waals surface area contributed by atoms with Crippen LogP contribution in [0.25, 0.3) is 0 Å². The summed E-state index contributed by atoms with van der Waals surface area (Å²) in [4.78, 5) is 0. The van der Waals surface area contributed by atoms with E-state index < -0.39 is 0 Å². The summed E-state index contributed by atoms with van der Waals surface area (Å²) in [6, 6.07) is 3.40. The molecule has 3 nitrogen and oxygen atoms in total. The lowest BCUT2D eigenvalue weighted by molar-refractivity contribution is -0.367. The third-order valence-electron chi connectivity index (χ3n) is 0.744. The van der Waals surface area contributed by atoms with Gasteiger partial charge in [0.1, 0.15) is 0 Å². The monoisotopic (exact) mass is 111 g/mol. The lowest BCUT2D eigenvalue weighted by atomic mass is 10.5. The summed E-state index contributed by atoms with van der Waals surface area (Å²) in [7, 11) is 0. The highest BCUT2D eigenvalue weighted by atomic mass is 16.4. The maximum absolute atomic E-state index is 9.63. The Morgan fingerprint density at radius 2 is 2.62 bits per heavy atom. The number of hydrogen-bond donors (Lipinski definition) is 1. The van der Waals surface area contributed by atoms with E-state index in [1.54, 1.807) is 17.3 Å². The maximum atomic E-state index is 9.63.